The Morgan fingerprint density at radius 2 is 1.75 bits per heavy atom. The highest BCUT2D eigenvalue weighted by Gasteiger charge is 2.33. The van der Waals surface area contributed by atoms with Gasteiger partial charge in [0, 0.05) is 0 Å². The molecule has 3 nitrogen and oxygen atoms in total. The van der Waals surface area contributed by atoms with Crippen molar-refractivity contribution < 1.29 is 26.7 Å². The van der Waals surface area contributed by atoms with E-state index in [2.05, 4.69) is 0 Å². The molecule has 0 aliphatic rings. The quantitative estimate of drug-likeness (QED) is 0.934. The van der Waals surface area contributed by atoms with Gasteiger partial charge >= 0.3 is 6.18 Å². The lowest BCUT2D eigenvalue weighted by molar-refractivity contribution is -0.137. The molecular formula is C13H17F3O3S. The normalized spacial score (nSPS) is 15.2. The van der Waals surface area contributed by atoms with Gasteiger partial charge in [-0.05, 0) is 23.6 Å². The molecular weight excluding hydrogens is 293 g/mol. The van der Waals surface area contributed by atoms with E-state index in [-0.39, 0.29) is 0 Å². The van der Waals surface area contributed by atoms with Crippen LogP contribution in [0.25, 0.3) is 0 Å². The number of benzene rings is 1. The molecule has 0 saturated heterocycles. The van der Waals surface area contributed by atoms with Gasteiger partial charge in [0.25, 0.3) is 0 Å². The molecule has 0 amide bonds. The standard InChI is InChI=1S/C13H17F3O3S/c1-12(2,3)11(17)8-20(18,19)10-6-4-5-9(7-10)13(14,15)16/h4-7,11,17H,8H2,1-3H3. The first-order valence-electron chi connectivity index (χ1n) is 5.92. The molecule has 20 heavy (non-hydrogen) atoms. The minimum absolute atomic E-state index is 0.435. The SMILES string of the molecule is CC(C)(C)C(O)CS(=O)(=O)c1cccc(C(F)(F)F)c1. The summed E-state index contributed by atoms with van der Waals surface area (Å²) >= 11 is 0. The van der Waals surface area contributed by atoms with Crippen LogP contribution >= 0.6 is 0 Å². The Bertz CT molecular complexity index is 571. The molecule has 1 aromatic carbocycles. The van der Waals surface area contributed by atoms with Gasteiger partial charge in [-0.25, -0.2) is 8.42 Å². The third-order valence-electron chi connectivity index (χ3n) is 2.90. The van der Waals surface area contributed by atoms with Crippen LogP contribution in [-0.4, -0.2) is 25.4 Å². The van der Waals surface area contributed by atoms with Gasteiger partial charge in [0.15, 0.2) is 9.84 Å². The van der Waals surface area contributed by atoms with Crippen LogP contribution in [0, 0.1) is 5.41 Å². The number of halogens is 3. The van der Waals surface area contributed by atoms with Crippen molar-refractivity contribution in [2.24, 2.45) is 5.41 Å². The summed E-state index contributed by atoms with van der Waals surface area (Å²) in [6.07, 6.45) is -5.77. The van der Waals surface area contributed by atoms with E-state index in [1.807, 2.05) is 0 Å². The summed E-state index contributed by atoms with van der Waals surface area (Å²) in [4.78, 5) is -0.435. The zero-order valence-corrected chi connectivity index (χ0v) is 12.2. The van der Waals surface area contributed by atoms with E-state index in [0.717, 1.165) is 18.2 Å². The monoisotopic (exact) mass is 310 g/mol. The lowest BCUT2D eigenvalue weighted by Crippen LogP contribution is -2.33. The van der Waals surface area contributed by atoms with Crippen molar-refractivity contribution in [2.45, 2.75) is 37.9 Å². The molecule has 1 unspecified atom stereocenters. The average molecular weight is 310 g/mol. The predicted octanol–water partition coefficient (Wildman–Crippen LogP) is 2.89. The third-order valence-corrected chi connectivity index (χ3v) is 4.62. The first-order chi connectivity index (χ1) is 8.84. The van der Waals surface area contributed by atoms with Crippen molar-refractivity contribution in [2.75, 3.05) is 5.75 Å². The van der Waals surface area contributed by atoms with Crippen LogP contribution in [0.15, 0.2) is 29.2 Å². The largest absolute Gasteiger partial charge is 0.416 e. The molecule has 0 aliphatic heterocycles. The van der Waals surface area contributed by atoms with Crippen LogP contribution in [0.5, 0.6) is 0 Å². The Kier molecular flexibility index (Phi) is 4.55. The fourth-order valence-electron chi connectivity index (χ4n) is 1.42. The van der Waals surface area contributed by atoms with Crippen LogP contribution in [0.3, 0.4) is 0 Å². The molecule has 0 heterocycles. The summed E-state index contributed by atoms with van der Waals surface area (Å²) in [7, 11) is -3.98. The van der Waals surface area contributed by atoms with E-state index in [1.165, 1.54) is 0 Å². The number of sulfone groups is 1. The Balaban J connectivity index is 3.11. The van der Waals surface area contributed by atoms with E-state index >= 15 is 0 Å². The molecule has 7 heteroatoms. The molecule has 1 aromatic rings. The Morgan fingerprint density at radius 3 is 2.20 bits per heavy atom. The second-order valence-corrected chi connectivity index (χ2v) is 7.72. The van der Waals surface area contributed by atoms with E-state index in [9.17, 15) is 26.7 Å². The lowest BCUT2D eigenvalue weighted by Gasteiger charge is -2.25. The maximum absolute atomic E-state index is 12.6. The van der Waals surface area contributed by atoms with Gasteiger partial charge in [-0.2, -0.15) is 13.2 Å². The van der Waals surface area contributed by atoms with Crippen LogP contribution in [0.2, 0.25) is 0 Å². The highest BCUT2D eigenvalue weighted by molar-refractivity contribution is 7.91. The molecule has 1 atom stereocenters. The smallest absolute Gasteiger partial charge is 0.392 e. The number of hydrogen-bond donors (Lipinski definition) is 1. The van der Waals surface area contributed by atoms with Gasteiger partial charge in [-0.15, -0.1) is 0 Å². The second kappa shape index (κ2) is 5.37. The van der Waals surface area contributed by atoms with Crippen LogP contribution < -0.4 is 0 Å². The third kappa shape index (κ3) is 4.21. The molecule has 0 aliphatic carbocycles. The molecule has 1 N–H and O–H groups in total. The number of aliphatic hydroxyl groups excluding tert-OH is 1. The minimum Gasteiger partial charge on any atom is -0.392 e. The van der Waals surface area contributed by atoms with Crippen LogP contribution in [0.1, 0.15) is 26.3 Å². The molecule has 0 fully saturated rings. The van der Waals surface area contributed by atoms with Crippen molar-refractivity contribution >= 4 is 9.84 Å². The highest BCUT2D eigenvalue weighted by atomic mass is 32.2. The molecule has 0 saturated carbocycles. The summed E-state index contributed by atoms with van der Waals surface area (Å²) in [6.45, 7) is 4.96. The number of hydrogen-bond acceptors (Lipinski definition) is 3. The Labute approximate surface area is 116 Å². The molecule has 0 aromatic heterocycles. The number of rotatable bonds is 3. The first-order valence-corrected chi connectivity index (χ1v) is 7.57. The van der Waals surface area contributed by atoms with Crippen molar-refractivity contribution in [3.63, 3.8) is 0 Å². The van der Waals surface area contributed by atoms with Crippen LogP contribution in [-0.2, 0) is 16.0 Å². The Morgan fingerprint density at radius 1 is 1.20 bits per heavy atom. The summed E-state index contributed by atoms with van der Waals surface area (Å²) < 4.78 is 61.8. The van der Waals surface area contributed by atoms with Gasteiger partial charge in [-0.1, -0.05) is 26.8 Å². The Hall–Kier alpha value is -1.08. The molecule has 0 spiro atoms. The molecule has 1 rings (SSSR count). The summed E-state index contributed by atoms with van der Waals surface area (Å²) in [5, 5.41) is 9.81. The van der Waals surface area contributed by atoms with E-state index < -0.39 is 43.7 Å². The summed E-state index contributed by atoms with van der Waals surface area (Å²) in [5.41, 5.74) is -1.70. The molecule has 0 bridgehead atoms. The topological polar surface area (TPSA) is 54.4 Å². The van der Waals surface area contributed by atoms with E-state index in [0.29, 0.717) is 6.07 Å². The van der Waals surface area contributed by atoms with Crippen molar-refractivity contribution in [1.82, 2.24) is 0 Å². The van der Waals surface area contributed by atoms with Crippen molar-refractivity contribution in [3.8, 4) is 0 Å². The highest BCUT2D eigenvalue weighted by Crippen LogP contribution is 2.31. The summed E-state index contributed by atoms with van der Waals surface area (Å²) in [5.74, 6) is -0.613. The van der Waals surface area contributed by atoms with E-state index in [1.54, 1.807) is 20.8 Å². The predicted molar refractivity (Wildman–Crippen MR) is 69.0 cm³/mol. The second-order valence-electron chi connectivity index (χ2n) is 5.69. The van der Waals surface area contributed by atoms with Gasteiger partial charge in [-0.3, -0.25) is 0 Å². The maximum atomic E-state index is 12.6. The molecule has 0 radical (unpaired) electrons. The zero-order valence-electron chi connectivity index (χ0n) is 11.4. The fourth-order valence-corrected chi connectivity index (χ4v) is 3.12. The van der Waals surface area contributed by atoms with Crippen molar-refractivity contribution in [1.29, 1.82) is 0 Å². The summed E-state index contributed by atoms with van der Waals surface area (Å²) in [6, 6.07) is 3.53. The number of aliphatic hydroxyl groups is 1. The van der Waals surface area contributed by atoms with Gasteiger partial charge < -0.3 is 5.11 Å². The number of alkyl halides is 3. The van der Waals surface area contributed by atoms with Crippen molar-refractivity contribution in [3.05, 3.63) is 29.8 Å². The zero-order chi connectivity index (χ0) is 15.8. The first kappa shape index (κ1) is 17.0. The molecule has 114 valence electrons. The van der Waals surface area contributed by atoms with Gasteiger partial charge in [0.1, 0.15) is 0 Å². The van der Waals surface area contributed by atoms with Gasteiger partial charge in [0.05, 0.1) is 22.3 Å². The van der Waals surface area contributed by atoms with Gasteiger partial charge in [0.2, 0.25) is 0 Å². The van der Waals surface area contributed by atoms with Crippen LogP contribution in [0.4, 0.5) is 13.2 Å². The average Bonchev–Trinajstić information content (AvgIpc) is 2.26. The minimum atomic E-state index is -4.60. The fraction of sp³-hybridized carbons (Fsp3) is 0.538. The van der Waals surface area contributed by atoms with E-state index in [4.69, 9.17) is 0 Å². The maximum Gasteiger partial charge on any atom is 0.416 e. The lowest BCUT2D eigenvalue weighted by atomic mass is 9.90.